The van der Waals surface area contributed by atoms with Crippen molar-refractivity contribution in [1.29, 1.82) is 0 Å². The van der Waals surface area contributed by atoms with Gasteiger partial charge in [-0.15, -0.1) is 0 Å². The van der Waals surface area contributed by atoms with Crippen molar-refractivity contribution in [2.75, 3.05) is 7.11 Å². The number of nitrogens with zero attached hydrogens (tertiary/aromatic N) is 3. The molecule has 1 atom stereocenters. The molecule has 0 saturated carbocycles. The fourth-order valence-electron chi connectivity index (χ4n) is 4.58. The second-order valence-corrected chi connectivity index (χ2v) is 8.06. The number of unbranched alkanes of at least 4 members (excludes halogenated alkanes) is 2. The topological polar surface area (TPSA) is 47.4 Å². The highest BCUT2D eigenvalue weighted by atomic mass is 19.1. The lowest BCUT2D eigenvalue weighted by Gasteiger charge is -2.44. The Hall–Kier alpha value is -3.15. The van der Waals surface area contributed by atoms with Crippen LogP contribution in [-0.4, -0.2) is 27.5 Å². The molecule has 0 aliphatic carbocycles. The summed E-state index contributed by atoms with van der Waals surface area (Å²) in [5.74, 6) is 0.424. The van der Waals surface area contributed by atoms with Crippen LogP contribution in [0.15, 0.2) is 61.1 Å². The van der Waals surface area contributed by atoms with E-state index >= 15 is 0 Å². The molecule has 1 aliphatic rings. The first-order valence-electron chi connectivity index (χ1n) is 10.8. The van der Waals surface area contributed by atoms with Crippen LogP contribution in [0.2, 0.25) is 0 Å². The summed E-state index contributed by atoms with van der Waals surface area (Å²) in [6, 6.07) is 14.1. The third kappa shape index (κ3) is 3.82. The minimum absolute atomic E-state index is 0.0166. The molecule has 2 aromatic carbocycles. The van der Waals surface area contributed by atoms with Gasteiger partial charge in [0.2, 0.25) is 0 Å². The van der Waals surface area contributed by atoms with E-state index in [2.05, 4.69) is 11.9 Å². The number of hydrogen-bond donors (Lipinski definition) is 0. The largest absolute Gasteiger partial charge is 0.496 e. The van der Waals surface area contributed by atoms with Crippen LogP contribution in [0.25, 0.3) is 0 Å². The minimum Gasteiger partial charge on any atom is -0.496 e. The summed E-state index contributed by atoms with van der Waals surface area (Å²) >= 11 is 0. The zero-order valence-corrected chi connectivity index (χ0v) is 18.1. The Balaban J connectivity index is 1.83. The normalized spacial score (nSPS) is 18.2. The Labute approximate surface area is 182 Å². The van der Waals surface area contributed by atoms with Gasteiger partial charge in [-0.05, 0) is 30.2 Å². The number of rotatable bonds is 8. The third-order valence-electron chi connectivity index (χ3n) is 6.10. The Kier molecular flexibility index (Phi) is 6.07. The van der Waals surface area contributed by atoms with Crippen LogP contribution in [0.3, 0.4) is 0 Å². The predicted molar refractivity (Wildman–Crippen MR) is 117 cm³/mol. The van der Waals surface area contributed by atoms with Crippen molar-refractivity contribution in [3.8, 4) is 5.75 Å². The van der Waals surface area contributed by atoms with E-state index in [1.807, 2.05) is 39.9 Å². The number of methoxy groups -OCH3 is 1. The zero-order chi connectivity index (χ0) is 21.8. The summed E-state index contributed by atoms with van der Waals surface area (Å²) in [4.78, 5) is 20.4. The summed E-state index contributed by atoms with van der Waals surface area (Å²) < 4.78 is 21.1. The second-order valence-electron chi connectivity index (χ2n) is 8.06. The van der Waals surface area contributed by atoms with Crippen LogP contribution in [-0.2, 0) is 23.4 Å². The molecule has 31 heavy (non-hydrogen) atoms. The number of ether oxygens (including phenoxy) is 1. The number of amides is 1. The highest BCUT2D eigenvalue weighted by Crippen LogP contribution is 2.43. The third-order valence-corrected chi connectivity index (χ3v) is 6.10. The smallest absolute Gasteiger partial charge is 0.254 e. The van der Waals surface area contributed by atoms with Crippen LogP contribution in [0.1, 0.15) is 49.4 Å². The average Bonchev–Trinajstić information content (AvgIpc) is 3.26. The molecule has 1 aromatic heterocycles. The monoisotopic (exact) mass is 421 g/mol. The number of carbonyl (C=O) groups is 1. The maximum atomic E-state index is 14.2. The number of para-hydroxylation sites is 1. The molecular weight excluding hydrogens is 393 g/mol. The van der Waals surface area contributed by atoms with E-state index in [1.54, 1.807) is 25.6 Å². The van der Waals surface area contributed by atoms with Gasteiger partial charge in [0.05, 0.1) is 25.7 Å². The van der Waals surface area contributed by atoms with Crippen molar-refractivity contribution < 1.29 is 13.9 Å². The molecule has 2 heterocycles. The van der Waals surface area contributed by atoms with Gasteiger partial charge in [-0.1, -0.05) is 56.5 Å². The van der Waals surface area contributed by atoms with E-state index in [4.69, 9.17) is 4.74 Å². The van der Waals surface area contributed by atoms with Gasteiger partial charge in [-0.25, -0.2) is 9.37 Å². The fraction of sp³-hybridized carbons (Fsp3) is 0.360. The van der Waals surface area contributed by atoms with E-state index in [0.717, 1.165) is 36.1 Å². The number of benzene rings is 2. The van der Waals surface area contributed by atoms with E-state index < -0.39 is 5.54 Å². The zero-order valence-electron chi connectivity index (χ0n) is 18.1. The van der Waals surface area contributed by atoms with E-state index in [-0.39, 0.29) is 11.7 Å². The van der Waals surface area contributed by atoms with Crippen LogP contribution >= 0.6 is 0 Å². The molecule has 5 nitrogen and oxygen atoms in total. The number of imidazole rings is 1. The van der Waals surface area contributed by atoms with Crippen molar-refractivity contribution in [3.05, 3.63) is 83.7 Å². The molecule has 0 bridgehead atoms. The number of aromatic nitrogens is 2. The minimum atomic E-state index is -0.925. The quantitative estimate of drug-likeness (QED) is 0.486. The number of carbonyl (C=O) groups excluding carboxylic acids is 1. The van der Waals surface area contributed by atoms with Crippen molar-refractivity contribution in [3.63, 3.8) is 0 Å². The van der Waals surface area contributed by atoms with Gasteiger partial charge >= 0.3 is 0 Å². The number of hydrogen-bond acceptors (Lipinski definition) is 3. The lowest BCUT2D eigenvalue weighted by atomic mass is 9.80. The van der Waals surface area contributed by atoms with Gasteiger partial charge in [0.15, 0.2) is 5.54 Å². The SMILES string of the molecule is CCCCCC1(c2ccccc2OC)C(=O)N(Cc2ccc(F)cc2)Cc2cncn21. The first kappa shape index (κ1) is 21.1. The molecule has 0 N–H and O–H groups in total. The van der Waals surface area contributed by atoms with Gasteiger partial charge in [0, 0.05) is 18.3 Å². The summed E-state index contributed by atoms with van der Waals surface area (Å²) in [5.41, 5.74) is 1.79. The van der Waals surface area contributed by atoms with Crippen LogP contribution < -0.4 is 4.74 Å². The first-order valence-corrected chi connectivity index (χ1v) is 10.8. The van der Waals surface area contributed by atoms with Gasteiger partial charge in [-0.2, -0.15) is 0 Å². The summed E-state index contributed by atoms with van der Waals surface area (Å²) in [6.45, 7) is 3.03. The fourth-order valence-corrected chi connectivity index (χ4v) is 4.58. The first-order chi connectivity index (χ1) is 15.1. The standard InChI is InChI=1S/C25H28FN3O2/c1-3-4-7-14-25(22-8-5-6-9-23(22)31-2)24(30)28(17-21-15-27-18-29(21)25)16-19-10-12-20(26)13-11-19/h5-6,8-13,15,18H,3-4,7,14,16-17H2,1-2H3. The Bertz CT molecular complexity index is 1050. The predicted octanol–water partition coefficient (Wildman–Crippen LogP) is 4.90. The van der Waals surface area contributed by atoms with Gasteiger partial charge in [0.25, 0.3) is 5.91 Å². The molecule has 0 spiro atoms. The lowest BCUT2D eigenvalue weighted by molar-refractivity contribution is -0.143. The van der Waals surface area contributed by atoms with Crippen LogP contribution in [0, 0.1) is 5.82 Å². The maximum absolute atomic E-state index is 14.2. The Morgan fingerprint density at radius 3 is 2.65 bits per heavy atom. The molecule has 1 amide bonds. The molecule has 6 heteroatoms. The van der Waals surface area contributed by atoms with Gasteiger partial charge < -0.3 is 14.2 Å². The van der Waals surface area contributed by atoms with Crippen LogP contribution in [0.5, 0.6) is 5.75 Å². The summed E-state index contributed by atoms with van der Waals surface area (Å²) in [7, 11) is 1.64. The Morgan fingerprint density at radius 2 is 1.90 bits per heavy atom. The summed E-state index contributed by atoms with van der Waals surface area (Å²) in [5, 5.41) is 0. The molecule has 1 aliphatic heterocycles. The molecular formula is C25H28FN3O2. The van der Waals surface area contributed by atoms with E-state index in [9.17, 15) is 9.18 Å². The average molecular weight is 422 g/mol. The molecule has 0 fully saturated rings. The molecule has 0 saturated heterocycles. The van der Waals surface area contributed by atoms with E-state index in [1.165, 1.54) is 12.1 Å². The van der Waals surface area contributed by atoms with E-state index in [0.29, 0.717) is 25.3 Å². The molecule has 162 valence electrons. The second kappa shape index (κ2) is 8.92. The molecule has 4 rings (SSSR count). The number of fused-ring (bicyclic) bond motifs is 1. The Morgan fingerprint density at radius 1 is 1.13 bits per heavy atom. The van der Waals surface area contributed by atoms with Crippen molar-refractivity contribution >= 4 is 5.91 Å². The molecule has 1 unspecified atom stereocenters. The van der Waals surface area contributed by atoms with Crippen LogP contribution in [0.4, 0.5) is 4.39 Å². The molecule has 0 radical (unpaired) electrons. The highest BCUT2D eigenvalue weighted by Gasteiger charge is 2.49. The number of halogens is 1. The summed E-state index contributed by atoms with van der Waals surface area (Å²) in [6.07, 6.45) is 7.25. The van der Waals surface area contributed by atoms with Crippen molar-refractivity contribution in [2.24, 2.45) is 0 Å². The van der Waals surface area contributed by atoms with Gasteiger partial charge in [-0.3, -0.25) is 4.79 Å². The van der Waals surface area contributed by atoms with Crippen molar-refractivity contribution in [2.45, 2.75) is 51.2 Å². The maximum Gasteiger partial charge on any atom is 0.254 e. The highest BCUT2D eigenvalue weighted by molar-refractivity contribution is 5.90. The lowest BCUT2D eigenvalue weighted by Crippen LogP contribution is -2.55. The molecule has 3 aromatic rings. The van der Waals surface area contributed by atoms with Gasteiger partial charge in [0.1, 0.15) is 11.6 Å². The van der Waals surface area contributed by atoms with Crippen molar-refractivity contribution in [1.82, 2.24) is 14.5 Å².